The Morgan fingerprint density at radius 2 is 2.00 bits per heavy atom. The van der Waals surface area contributed by atoms with Crippen molar-refractivity contribution in [2.75, 3.05) is 24.2 Å². The number of nitrogens with one attached hydrogen (secondary N) is 2. The molecule has 1 aliphatic rings. The summed E-state index contributed by atoms with van der Waals surface area (Å²) in [6.07, 6.45) is 6.38. The molecule has 6 heteroatoms. The Bertz CT molecular complexity index is 444. The van der Waals surface area contributed by atoms with Gasteiger partial charge in [-0.15, -0.1) is 0 Å². The maximum absolute atomic E-state index is 10.8. The molecule has 0 radical (unpaired) electrons. The quantitative estimate of drug-likeness (QED) is 0.631. The van der Waals surface area contributed by atoms with Crippen LogP contribution in [0.5, 0.6) is 0 Å². The summed E-state index contributed by atoms with van der Waals surface area (Å²) in [5.41, 5.74) is 0.0606. The highest BCUT2D eigenvalue weighted by Crippen LogP contribution is 2.25. The molecule has 1 aromatic rings. The van der Waals surface area contributed by atoms with Crippen molar-refractivity contribution in [3.05, 3.63) is 22.2 Å². The molecule has 0 atom stereocenters. The molecule has 6 nitrogen and oxygen atoms in total. The van der Waals surface area contributed by atoms with Gasteiger partial charge in [-0.05, 0) is 18.8 Å². The fraction of sp³-hybridized carbons (Fsp3) is 0.615. The molecule has 1 aromatic heterocycles. The SMILES string of the molecule is CNc1cc([N+](=O)[O-])cc(NCC2CCCCC2)n1. The van der Waals surface area contributed by atoms with E-state index in [2.05, 4.69) is 15.6 Å². The minimum absolute atomic E-state index is 0.0606. The third kappa shape index (κ3) is 3.81. The van der Waals surface area contributed by atoms with E-state index in [-0.39, 0.29) is 5.69 Å². The fourth-order valence-corrected chi connectivity index (χ4v) is 2.48. The molecule has 2 N–H and O–H groups in total. The Labute approximate surface area is 112 Å². The number of rotatable bonds is 5. The van der Waals surface area contributed by atoms with Gasteiger partial charge in [-0.1, -0.05) is 19.3 Å². The summed E-state index contributed by atoms with van der Waals surface area (Å²) in [6, 6.07) is 2.93. The Morgan fingerprint density at radius 1 is 1.32 bits per heavy atom. The van der Waals surface area contributed by atoms with E-state index in [0.717, 1.165) is 6.54 Å². The van der Waals surface area contributed by atoms with Crippen LogP contribution in [-0.2, 0) is 0 Å². The Kier molecular flexibility index (Phi) is 4.54. The van der Waals surface area contributed by atoms with E-state index in [0.29, 0.717) is 17.6 Å². The van der Waals surface area contributed by atoms with Crippen LogP contribution in [0.1, 0.15) is 32.1 Å². The normalized spacial score (nSPS) is 16.1. The second-order valence-corrected chi connectivity index (χ2v) is 4.99. The largest absolute Gasteiger partial charge is 0.373 e. The monoisotopic (exact) mass is 264 g/mol. The van der Waals surface area contributed by atoms with E-state index in [9.17, 15) is 10.1 Å². The van der Waals surface area contributed by atoms with Crippen LogP contribution in [0.25, 0.3) is 0 Å². The molecule has 0 saturated heterocycles. The molecule has 1 aliphatic carbocycles. The van der Waals surface area contributed by atoms with Gasteiger partial charge in [-0.2, -0.15) is 0 Å². The van der Waals surface area contributed by atoms with Gasteiger partial charge in [-0.3, -0.25) is 10.1 Å². The lowest BCUT2D eigenvalue weighted by atomic mass is 9.89. The summed E-state index contributed by atoms with van der Waals surface area (Å²) in [4.78, 5) is 14.7. The third-order valence-electron chi connectivity index (χ3n) is 3.57. The second-order valence-electron chi connectivity index (χ2n) is 4.99. The number of pyridine rings is 1. The van der Waals surface area contributed by atoms with E-state index in [1.54, 1.807) is 7.05 Å². The molecule has 2 rings (SSSR count). The Morgan fingerprint density at radius 3 is 2.63 bits per heavy atom. The molecule has 104 valence electrons. The number of anilines is 2. The van der Waals surface area contributed by atoms with Crippen molar-refractivity contribution in [2.24, 2.45) is 5.92 Å². The van der Waals surface area contributed by atoms with Crippen LogP contribution in [0.3, 0.4) is 0 Å². The van der Waals surface area contributed by atoms with Gasteiger partial charge >= 0.3 is 0 Å². The smallest absolute Gasteiger partial charge is 0.276 e. The number of nitro groups is 1. The van der Waals surface area contributed by atoms with Gasteiger partial charge in [-0.25, -0.2) is 4.98 Å². The molecule has 19 heavy (non-hydrogen) atoms. The van der Waals surface area contributed by atoms with Crippen LogP contribution >= 0.6 is 0 Å². The molecular formula is C13H20N4O2. The highest BCUT2D eigenvalue weighted by Gasteiger charge is 2.15. The van der Waals surface area contributed by atoms with E-state index < -0.39 is 4.92 Å². The molecule has 0 spiro atoms. The molecule has 0 bridgehead atoms. The number of hydrogen-bond acceptors (Lipinski definition) is 5. The molecule has 1 saturated carbocycles. The van der Waals surface area contributed by atoms with E-state index >= 15 is 0 Å². The summed E-state index contributed by atoms with van der Waals surface area (Å²) in [6.45, 7) is 0.845. The van der Waals surface area contributed by atoms with Crippen LogP contribution < -0.4 is 10.6 Å². The van der Waals surface area contributed by atoms with Gasteiger partial charge in [0, 0.05) is 13.6 Å². The zero-order valence-corrected chi connectivity index (χ0v) is 11.2. The van der Waals surface area contributed by atoms with Gasteiger partial charge in [0.15, 0.2) is 0 Å². The van der Waals surface area contributed by atoms with Gasteiger partial charge in [0.2, 0.25) is 0 Å². The van der Waals surface area contributed by atoms with Gasteiger partial charge in [0.25, 0.3) is 5.69 Å². The van der Waals surface area contributed by atoms with Crippen LogP contribution in [0, 0.1) is 16.0 Å². The predicted molar refractivity (Wildman–Crippen MR) is 75.5 cm³/mol. The average molecular weight is 264 g/mol. The fourth-order valence-electron chi connectivity index (χ4n) is 2.48. The summed E-state index contributed by atoms with van der Waals surface area (Å²) in [5.74, 6) is 1.75. The molecule has 1 fully saturated rings. The van der Waals surface area contributed by atoms with Crippen LogP contribution in [0.15, 0.2) is 12.1 Å². The molecule has 0 unspecified atom stereocenters. The lowest BCUT2D eigenvalue weighted by molar-refractivity contribution is -0.384. The van der Waals surface area contributed by atoms with Crippen molar-refractivity contribution in [1.29, 1.82) is 0 Å². The third-order valence-corrected chi connectivity index (χ3v) is 3.57. The molecule has 0 amide bonds. The van der Waals surface area contributed by atoms with Gasteiger partial charge in [0.05, 0.1) is 17.1 Å². The van der Waals surface area contributed by atoms with Crippen molar-refractivity contribution < 1.29 is 4.92 Å². The number of hydrogen-bond donors (Lipinski definition) is 2. The van der Waals surface area contributed by atoms with Crippen molar-refractivity contribution in [3.63, 3.8) is 0 Å². The zero-order valence-electron chi connectivity index (χ0n) is 11.2. The van der Waals surface area contributed by atoms with Gasteiger partial charge in [0.1, 0.15) is 11.6 Å². The summed E-state index contributed by atoms with van der Waals surface area (Å²) in [7, 11) is 1.71. The van der Waals surface area contributed by atoms with Crippen molar-refractivity contribution in [1.82, 2.24) is 4.98 Å². The lowest BCUT2D eigenvalue weighted by Gasteiger charge is -2.22. The number of nitrogens with zero attached hydrogens (tertiary/aromatic N) is 2. The van der Waals surface area contributed by atoms with Crippen LogP contribution in [-0.4, -0.2) is 23.5 Å². The Balaban J connectivity index is 2.02. The van der Waals surface area contributed by atoms with Crippen LogP contribution in [0.2, 0.25) is 0 Å². The first-order valence-electron chi connectivity index (χ1n) is 6.77. The molecular weight excluding hydrogens is 244 g/mol. The first-order valence-corrected chi connectivity index (χ1v) is 6.77. The first kappa shape index (κ1) is 13.6. The minimum atomic E-state index is -0.395. The summed E-state index contributed by atoms with van der Waals surface area (Å²) < 4.78 is 0. The molecule has 1 heterocycles. The second kappa shape index (κ2) is 6.36. The molecule has 0 aromatic carbocycles. The maximum Gasteiger partial charge on any atom is 0.276 e. The highest BCUT2D eigenvalue weighted by molar-refractivity contribution is 5.54. The van der Waals surface area contributed by atoms with E-state index in [1.165, 1.54) is 44.2 Å². The topological polar surface area (TPSA) is 80.1 Å². The lowest BCUT2D eigenvalue weighted by Crippen LogP contribution is -2.17. The highest BCUT2D eigenvalue weighted by atomic mass is 16.6. The van der Waals surface area contributed by atoms with Crippen molar-refractivity contribution >= 4 is 17.3 Å². The summed E-state index contributed by atoms with van der Waals surface area (Å²) in [5, 5.41) is 16.9. The van der Waals surface area contributed by atoms with E-state index in [1.807, 2.05) is 0 Å². The standard InChI is InChI=1S/C13H20N4O2/c1-14-12-7-11(17(18)19)8-13(16-12)15-9-10-5-3-2-4-6-10/h7-8,10H,2-6,9H2,1H3,(H2,14,15,16). The Hall–Kier alpha value is -1.85. The molecule has 0 aliphatic heterocycles. The minimum Gasteiger partial charge on any atom is -0.373 e. The van der Waals surface area contributed by atoms with Crippen LogP contribution in [0.4, 0.5) is 17.3 Å². The maximum atomic E-state index is 10.8. The van der Waals surface area contributed by atoms with Crippen molar-refractivity contribution in [2.45, 2.75) is 32.1 Å². The average Bonchev–Trinajstić information content (AvgIpc) is 2.45. The van der Waals surface area contributed by atoms with E-state index in [4.69, 9.17) is 0 Å². The van der Waals surface area contributed by atoms with Crippen molar-refractivity contribution in [3.8, 4) is 0 Å². The summed E-state index contributed by atoms with van der Waals surface area (Å²) >= 11 is 0. The predicted octanol–water partition coefficient (Wildman–Crippen LogP) is 3.02. The van der Waals surface area contributed by atoms with Gasteiger partial charge < -0.3 is 10.6 Å². The number of aromatic nitrogens is 1. The first-order chi connectivity index (χ1) is 9.19. The zero-order chi connectivity index (χ0) is 13.7.